The number of nitrogens with zero attached hydrogens (tertiary/aromatic N) is 3. The molecule has 0 saturated carbocycles. The van der Waals surface area contributed by atoms with Gasteiger partial charge in [-0.1, -0.05) is 0 Å². The van der Waals surface area contributed by atoms with Crippen LogP contribution in [0, 0.1) is 23.0 Å². The van der Waals surface area contributed by atoms with Gasteiger partial charge in [-0.25, -0.2) is 8.78 Å². The van der Waals surface area contributed by atoms with Gasteiger partial charge in [0, 0.05) is 63.5 Å². The van der Waals surface area contributed by atoms with Gasteiger partial charge in [-0.2, -0.15) is 0 Å². The highest BCUT2D eigenvalue weighted by molar-refractivity contribution is 5.80. The Bertz CT molecular complexity index is 705. The molecule has 4 rings (SSSR count). The number of guanidine groups is 1. The smallest absolute Gasteiger partial charge is 0.193 e. The number of likely N-dealkylation sites (tertiary alicyclic amines) is 1. The van der Waals surface area contributed by atoms with E-state index in [2.05, 4.69) is 20.1 Å². The van der Waals surface area contributed by atoms with Crippen molar-refractivity contribution >= 4 is 11.6 Å². The van der Waals surface area contributed by atoms with Crippen molar-refractivity contribution in [3.8, 4) is 0 Å². The highest BCUT2D eigenvalue weighted by atomic mass is 19.2. The predicted molar refractivity (Wildman–Crippen MR) is 102 cm³/mol. The fourth-order valence-corrected chi connectivity index (χ4v) is 4.57. The first-order valence-corrected chi connectivity index (χ1v) is 9.82. The summed E-state index contributed by atoms with van der Waals surface area (Å²) in [5.41, 5.74) is 1.07. The zero-order valence-electron chi connectivity index (χ0n) is 15.9. The molecule has 0 amide bonds. The van der Waals surface area contributed by atoms with Crippen molar-refractivity contribution in [3.63, 3.8) is 0 Å². The SMILES string of the molecule is CN=C(NCC1CCN(c2ccc(F)c(F)c2)C1)N1CCC2(CCOC2)C1. The number of hydrogen-bond acceptors (Lipinski definition) is 3. The molecule has 3 heterocycles. The van der Waals surface area contributed by atoms with Gasteiger partial charge in [0.25, 0.3) is 0 Å². The summed E-state index contributed by atoms with van der Waals surface area (Å²) in [6, 6.07) is 4.14. The molecule has 0 aromatic heterocycles. The van der Waals surface area contributed by atoms with Crippen LogP contribution in [0.4, 0.5) is 14.5 Å². The Morgan fingerprint density at radius 1 is 1.30 bits per heavy atom. The molecular weight excluding hydrogens is 350 g/mol. The Morgan fingerprint density at radius 3 is 2.93 bits per heavy atom. The summed E-state index contributed by atoms with van der Waals surface area (Å²) in [7, 11) is 1.83. The van der Waals surface area contributed by atoms with E-state index >= 15 is 0 Å². The Hall–Kier alpha value is -1.89. The van der Waals surface area contributed by atoms with Crippen molar-refractivity contribution in [1.82, 2.24) is 10.2 Å². The van der Waals surface area contributed by atoms with Crippen molar-refractivity contribution in [2.75, 3.05) is 57.9 Å². The molecule has 2 unspecified atom stereocenters. The third kappa shape index (κ3) is 3.88. The van der Waals surface area contributed by atoms with Gasteiger partial charge in [-0.05, 0) is 37.3 Å². The maximum absolute atomic E-state index is 13.5. The quantitative estimate of drug-likeness (QED) is 0.648. The molecule has 1 aromatic rings. The van der Waals surface area contributed by atoms with Crippen LogP contribution in [-0.4, -0.2) is 63.8 Å². The summed E-state index contributed by atoms with van der Waals surface area (Å²) in [6.45, 7) is 6.32. The normalized spacial score (nSPS) is 28.6. The van der Waals surface area contributed by atoms with E-state index < -0.39 is 11.6 Å². The maximum atomic E-state index is 13.5. The van der Waals surface area contributed by atoms with Gasteiger partial charge in [0.05, 0.1) is 6.61 Å². The lowest BCUT2D eigenvalue weighted by molar-refractivity contribution is 0.156. The number of aliphatic imine (C=N–C) groups is 1. The third-order valence-corrected chi connectivity index (χ3v) is 6.24. The average Bonchev–Trinajstić information content (AvgIpc) is 3.41. The second-order valence-electron chi connectivity index (χ2n) is 8.10. The van der Waals surface area contributed by atoms with Crippen LogP contribution in [0.1, 0.15) is 19.3 Å². The summed E-state index contributed by atoms with van der Waals surface area (Å²) >= 11 is 0. The van der Waals surface area contributed by atoms with E-state index in [1.165, 1.54) is 18.6 Å². The summed E-state index contributed by atoms with van der Waals surface area (Å²) in [5, 5.41) is 3.53. The van der Waals surface area contributed by atoms with E-state index in [1.807, 2.05) is 7.05 Å². The Balaban J connectivity index is 1.29. The van der Waals surface area contributed by atoms with Crippen LogP contribution in [0.15, 0.2) is 23.2 Å². The molecule has 3 aliphatic heterocycles. The average molecular weight is 378 g/mol. The molecule has 7 heteroatoms. The summed E-state index contributed by atoms with van der Waals surface area (Å²) in [5.74, 6) is -0.157. The van der Waals surface area contributed by atoms with Gasteiger partial charge in [-0.3, -0.25) is 4.99 Å². The molecule has 27 heavy (non-hydrogen) atoms. The van der Waals surface area contributed by atoms with E-state index in [0.29, 0.717) is 11.3 Å². The lowest BCUT2D eigenvalue weighted by Gasteiger charge is -2.26. The van der Waals surface area contributed by atoms with E-state index in [0.717, 1.165) is 70.4 Å². The summed E-state index contributed by atoms with van der Waals surface area (Å²) in [4.78, 5) is 8.94. The summed E-state index contributed by atoms with van der Waals surface area (Å²) in [6.07, 6.45) is 3.34. The van der Waals surface area contributed by atoms with Crippen LogP contribution in [0.3, 0.4) is 0 Å². The Kier molecular flexibility index (Phi) is 5.21. The van der Waals surface area contributed by atoms with Crippen molar-refractivity contribution < 1.29 is 13.5 Å². The molecule has 1 aromatic carbocycles. The van der Waals surface area contributed by atoms with Gasteiger partial charge in [0.15, 0.2) is 17.6 Å². The molecule has 1 spiro atoms. The van der Waals surface area contributed by atoms with E-state index in [9.17, 15) is 8.78 Å². The molecule has 2 atom stereocenters. The number of rotatable bonds is 3. The first kappa shape index (κ1) is 18.5. The molecule has 0 radical (unpaired) electrons. The highest BCUT2D eigenvalue weighted by Crippen LogP contribution is 2.38. The molecule has 1 N–H and O–H groups in total. The summed E-state index contributed by atoms with van der Waals surface area (Å²) < 4.78 is 32.2. The minimum Gasteiger partial charge on any atom is -0.381 e. The van der Waals surface area contributed by atoms with Gasteiger partial charge >= 0.3 is 0 Å². The van der Waals surface area contributed by atoms with Crippen molar-refractivity contribution in [3.05, 3.63) is 29.8 Å². The molecule has 3 fully saturated rings. The molecule has 5 nitrogen and oxygen atoms in total. The highest BCUT2D eigenvalue weighted by Gasteiger charge is 2.42. The first-order chi connectivity index (χ1) is 13.1. The fourth-order valence-electron chi connectivity index (χ4n) is 4.57. The molecule has 0 bridgehead atoms. The van der Waals surface area contributed by atoms with Gasteiger partial charge < -0.3 is 19.9 Å². The molecular formula is C20H28F2N4O. The number of benzene rings is 1. The van der Waals surface area contributed by atoms with Crippen LogP contribution in [-0.2, 0) is 4.74 Å². The van der Waals surface area contributed by atoms with Crippen molar-refractivity contribution in [2.45, 2.75) is 19.3 Å². The van der Waals surface area contributed by atoms with E-state index in [1.54, 1.807) is 6.07 Å². The van der Waals surface area contributed by atoms with Crippen molar-refractivity contribution in [1.29, 1.82) is 0 Å². The number of hydrogen-bond donors (Lipinski definition) is 1. The van der Waals surface area contributed by atoms with Crippen LogP contribution in [0.25, 0.3) is 0 Å². The fraction of sp³-hybridized carbons (Fsp3) is 0.650. The monoisotopic (exact) mass is 378 g/mol. The zero-order chi connectivity index (χ0) is 18.9. The Morgan fingerprint density at radius 2 is 2.19 bits per heavy atom. The van der Waals surface area contributed by atoms with E-state index in [-0.39, 0.29) is 0 Å². The second-order valence-corrected chi connectivity index (χ2v) is 8.10. The molecule has 3 aliphatic rings. The molecule has 3 saturated heterocycles. The predicted octanol–water partition coefficient (Wildman–Crippen LogP) is 2.48. The number of ether oxygens (including phenoxy) is 1. The van der Waals surface area contributed by atoms with Crippen LogP contribution < -0.4 is 10.2 Å². The molecule has 0 aliphatic carbocycles. The zero-order valence-corrected chi connectivity index (χ0v) is 15.9. The third-order valence-electron chi connectivity index (χ3n) is 6.24. The minimum absolute atomic E-state index is 0.314. The largest absolute Gasteiger partial charge is 0.381 e. The van der Waals surface area contributed by atoms with E-state index in [4.69, 9.17) is 4.74 Å². The van der Waals surface area contributed by atoms with Gasteiger partial charge in [-0.15, -0.1) is 0 Å². The lowest BCUT2D eigenvalue weighted by Crippen LogP contribution is -2.43. The van der Waals surface area contributed by atoms with Crippen LogP contribution in [0.5, 0.6) is 0 Å². The van der Waals surface area contributed by atoms with Crippen LogP contribution in [0.2, 0.25) is 0 Å². The lowest BCUT2D eigenvalue weighted by atomic mass is 9.87. The minimum atomic E-state index is -0.795. The Labute approximate surface area is 159 Å². The maximum Gasteiger partial charge on any atom is 0.193 e. The first-order valence-electron chi connectivity index (χ1n) is 9.82. The van der Waals surface area contributed by atoms with Gasteiger partial charge in [0.2, 0.25) is 0 Å². The van der Waals surface area contributed by atoms with Crippen LogP contribution >= 0.6 is 0 Å². The number of anilines is 1. The second kappa shape index (κ2) is 7.62. The number of nitrogens with one attached hydrogen (secondary N) is 1. The molecule has 148 valence electrons. The van der Waals surface area contributed by atoms with Gasteiger partial charge in [0.1, 0.15) is 0 Å². The topological polar surface area (TPSA) is 40.1 Å². The number of halogens is 2. The standard InChI is InChI=1S/C20H28F2N4O/c1-23-19(26-8-5-20(13-26)6-9-27-14-20)24-11-15-4-7-25(12-15)16-2-3-17(21)18(22)10-16/h2-3,10,15H,4-9,11-14H2,1H3,(H,23,24). The van der Waals surface area contributed by atoms with Crippen molar-refractivity contribution in [2.24, 2.45) is 16.3 Å².